The minimum atomic E-state index is 0.424. The molecule has 4 aliphatic carbocycles. The highest BCUT2D eigenvalue weighted by Gasteiger charge is 2.58. The Balaban J connectivity index is 1.62. The zero-order valence-corrected chi connectivity index (χ0v) is 13.1. The molecule has 4 saturated carbocycles. The van der Waals surface area contributed by atoms with Crippen LogP contribution >= 0.6 is 11.3 Å². The van der Waals surface area contributed by atoms with Crippen LogP contribution in [0, 0.1) is 22.7 Å². The molecule has 5 rings (SSSR count). The molecule has 0 aliphatic heterocycles. The van der Waals surface area contributed by atoms with Crippen molar-refractivity contribution >= 4 is 11.3 Å². The molecule has 0 amide bonds. The zero-order chi connectivity index (χ0) is 13.8. The van der Waals surface area contributed by atoms with Gasteiger partial charge in [0, 0.05) is 23.5 Å². The average Bonchev–Trinajstić information content (AvgIpc) is 2.85. The quantitative estimate of drug-likeness (QED) is 0.662. The number of hydrogen-bond acceptors (Lipinski definition) is 4. The molecular weight excluding hydrogens is 266 g/mol. The number of nitrogens with zero attached hydrogens (tertiary/aromatic N) is 1. The Morgan fingerprint density at radius 1 is 1.40 bits per heavy atom. The van der Waals surface area contributed by atoms with Gasteiger partial charge < -0.3 is 0 Å². The van der Waals surface area contributed by atoms with Gasteiger partial charge >= 0.3 is 0 Å². The Kier molecular flexibility index (Phi) is 2.99. The summed E-state index contributed by atoms with van der Waals surface area (Å²) in [7, 11) is 0. The van der Waals surface area contributed by atoms with Crippen LogP contribution in [0.4, 0.5) is 0 Å². The number of nitrogens with two attached hydrogens (primary N) is 1. The highest BCUT2D eigenvalue weighted by Crippen LogP contribution is 2.66. The molecule has 4 fully saturated rings. The van der Waals surface area contributed by atoms with Crippen molar-refractivity contribution in [3.8, 4) is 0 Å². The van der Waals surface area contributed by atoms with E-state index in [2.05, 4.69) is 17.3 Å². The van der Waals surface area contributed by atoms with Crippen LogP contribution in [0.2, 0.25) is 0 Å². The molecule has 3 unspecified atom stereocenters. The monoisotopic (exact) mass is 291 g/mol. The van der Waals surface area contributed by atoms with Crippen molar-refractivity contribution in [2.24, 2.45) is 28.5 Å². The van der Waals surface area contributed by atoms with Crippen molar-refractivity contribution < 1.29 is 0 Å². The summed E-state index contributed by atoms with van der Waals surface area (Å²) < 4.78 is 0. The maximum Gasteiger partial charge on any atom is 0.0794 e. The van der Waals surface area contributed by atoms with Gasteiger partial charge in [0.2, 0.25) is 0 Å². The summed E-state index contributed by atoms with van der Waals surface area (Å²) in [5.74, 6) is 7.90. The van der Waals surface area contributed by atoms with Gasteiger partial charge in [0.15, 0.2) is 0 Å². The molecule has 0 spiro atoms. The van der Waals surface area contributed by atoms with Crippen molar-refractivity contribution in [2.45, 2.75) is 57.9 Å². The first-order valence-electron chi connectivity index (χ1n) is 7.94. The predicted molar refractivity (Wildman–Crippen MR) is 82.2 cm³/mol. The fourth-order valence-corrected chi connectivity index (χ4v) is 6.84. The van der Waals surface area contributed by atoms with Gasteiger partial charge in [-0.3, -0.25) is 16.3 Å². The van der Waals surface area contributed by atoms with Crippen LogP contribution in [0.3, 0.4) is 0 Å². The number of hydrogen-bond donors (Lipinski definition) is 2. The second kappa shape index (κ2) is 4.52. The summed E-state index contributed by atoms with van der Waals surface area (Å²) in [6.07, 6.45) is 11.6. The Bertz CT molecular complexity index is 470. The molecule has 0 saturated heterocycles. The first-order chi connectivity index (χ1) is 9.61. The lowest BCUT2D eigenvalue weighted by Gasteiger charge is -2.63. The van der Waals surface area contributed by atoms with E-state index in [9.17, 15) is 0 Å². The maximum absolute atomic E-state index is 5.99. The lowest BCUT2D eigenvalue weighted by Crippen LogP contribution is -2.60. The largest absolute Gasteiger partial charge is 0.271 e. The molecular formula is C16H25N3S. The molecule has 0 radical (unpaired) electrons. The van der Waals surface area contributed by atoms with Crippen molar-refractivity contribution in [1.29, 1.82) is 0 Å². The number of aromatic nitrogens is 1. The van der Waals surface area contributed by atoms with Gasteiger partial charge in [-0.25, -0.2) is 0 Å². The van der Waals surface area contributed by atoms with E-state index in [1.54, 1.807) is 11.3 Å². The van der Waals surface area contributed by atoms with Gasteiger partial charge in [-0.15, -0.1) is 11.3 Å². The van der Waals surface area contributed by atoms with Crippen LogP contribution in [-0.2, 0) is 6.42 Å². The second-order valence-corrected chi connectivity index (χ2v) is 9.00. The lowest BCUT2D eigenvalue weighted by molar-refractivity contribution is -0.118. The normalized spacial score (nSPS) is 43.9. The molecule has 110 valence electrons. The van der Waals surface area contributed by atoms with Gasteiger partial charge in [-0.2, -0.15) is 0 Å². The number of thiazole rings is 1. The Morgan fingerprint density at radius 2 is 2.15 bits per heavy atom. The molecule has 1 aromatic rings. The molecule has 3 atom stereocenters. The summed E-state index contributed by atoms with van der Waals surface area (Å²) in [6, 6.07) is 0.424. The first-order valence-corrected chi connectivity index (χ1v) is 8.82. The van der Waals surface area contributed by atoms with Crippen LogP contribution in [0.25, 0.3) is 0 Å². The summed E-state index contributed by atoms with van der Waals surface area (Å²) in [5.41, 5.74) is 6.16. The minimum Gasteiger partial charge on any atom is -0.271 e. The number of rotatable bonds is 4. The summed E-state index contributed by atoms with van der Waals surface area (Å²) in [4.78, 5) is 5.59. The smallest absolute Gasteiger partial charge is 0.0794 e. The first kappa shape index (κ1) is 13.2. The number of hydrazine groups is 1. The zero-order valence-electron chi connectivity index (χ0n) is 12.3. The molecule has 4 heteroatoms. The van der Waals surface area contributed by atoms with E-state index in [4.69, 9.17) is 5.84 Å². The highest BCUT2D eigenvalue weighted by molar-refractivity contribution is 7.09. The third kappa shape index (κ3) is 2.04. The van der Waals surface area contributed by atoms with E-state index >= 15 is 0 Å². The van der Waals surface area contributed by atoms with Crippen molar-refractivity contribution in [1.82, 2.24) is 10.4 Å². The molecule has 1 heterocycles. The summed E-state index contributed by atoms with van der Waals surface area (Å²) >= 11 is 1.76. The van der Waals surface area contributed by atoms with E-state index in [1.165, 1.54) is 43.4 Å². The third-order valence-corrected chi connectivity index (χ3v) is 7.03. The van der Waals surface area contributed by atoms with Crippen molar-refractivity contribution in [2.75, 3.05) is 0 Å². The van der Waals surface area contributed by atoms with E-state index in [-0.39, 0.29) is 0 Å². The fraction of sp³-hybridized carbons (Fsp3) is 0.812. The lowest BCUT2D eigenvalue weighted by atomic mass is 9.43. The maximum atomic E-state index is 5.99. The van der Waals surface area contributed by atoms with E-state index in [1.807, 2.05) is 11.7 Å². The van der Waals surface area contributed by atoms with Crippen LogP contribution in [-0.4, -0.2) is 11.0 Å². The van der Waals surface area contributed by atoms with Crippen molar-refractivity contribution in [3.63, 3.8) is 0 Å². The molecule has 1 aromatic heterocycles. The molecule has 3 nitrogen and oxygen atoms in total. The minimum absolute atomic E-state index is 0.424. The van der Waals surface area contributed by atoms with Gasteiger partial charge in [-0.05, 0) is 61.2 Å². The van der Waals surface area contributed by atoms with Gasteiger partial charge in [-0.1, -0.05) is 6.92 Å². The van der Waals surface area contributed by atoms with E-state index in [0.29, 0.717) is 16.9 Å². The van der Waals surface area contributed by atoms with Crippen LogP contribution in [0.1, 0.15) is 50.3 Å². The molecule has 0 aromatic carbocycles. The van der Waals surface area contributed by atoms with Crippen LogP contribution < -0.4 is 11.3 Å². The molecule has 20 heavy (non-hydrogen) atoms. The van der Waals surface area contributed by atoms with Crippen LogP contribution in [0.5, 0.6) is 0 Å². The van der Waals surface area contributed by atoms with Crippen molar-refractivity contribution in [3.05, 3.63) is 16.6 Å². The molecule has 3 N–H and O–H groups in total. The molecule has 4 bridgehead atoms. The SMILES string of the molecule is CC12CC3CC(C1)CC(C(Cc1cncs1)NN)(C3)C2. The fourth-order valence-electron chi connectivity index (χ4n) is 6.20. The number of nitrogens with one attached hydrogen (secondary N) is 1. The second-order valence-electron chi connectivity index (χ2n) is 8.03. The Labute approximate surface area is 125 Å². The summed E-state index contributed by atoms with van der Waals surface area (Å²) in [6.45, 7) is 2.53. The Morgan fingerprint density at radius 3 is 2.70 bits per heavy atom. The van der Waals surface area contributed by atoms with Crippen LogP contribution in [0.15, 0.2) is 11.7 Å². The van der Waals surface area contributed by atoms with Gasteiger partial charge in [0.25, 0.3) is 0 Å². The standard InChI is InChI=1S/C16H25N3S/c1-15-4-11-2-12(5-15)7-16(6-11,9-15)14(19-17)3-13-8-18-10-20-13/h8,10-12,14,19H,2-7,9,17H2,1H3. The van der Waals surface area contributed by atoms with Gasteiger partial charge in [0.1, 0.15) is 0 Å². The van der Waals surface area contributed by atoms with E-state index in [0.717, 1.165) is 18.3 Å². The third-order valence-electron chi connectivity index (χ3n) is 6.23. The van der Waals surface area contributed by atoms with Gasteiger partial charge in [0.05, 0.1) is 5.51 Å². The topological polar surface area (TPSA) is 50.9 Å². The van der Waals surface area contributed by atoms with E-state index < -0.39 is 0 Å². The average molecular weight is 291 g/mol. The molecule has 4 aliphatic rings. The highest BCUT2D eigenvalue weighted by atomic mass is 32.1. The Hall–Kier alpha value is -0.450. The predicted octanol–water partition coefficient (Wildman–Crippen LogP) is 3.12. The summed E-state index contributed by atoms with van der Waals surface area (Å²) in [5, 5.41) is 0.